The normalized spacial score (nSPS) is 35.2. The molecule has 0 aromatic carbocycles. The van der Waals surface area contributed by atoms with Crippen LogP contribution in [0.1, 0.15) is 20.8 Å². The van der Waals surface area contributed by atoms with Crippen LogP contribution in [-0.4, -0.2) is 24.2 Å². The lowest BCUT2D eigenvalue weighted by molar-refractivity contribution is -0.150. The summed E-state index contributed by atoms with van der Waals surface area (Å²) in [5.74, 6) is -1.90. The van der Waals surface area contributed by atoms with Gasteiger partial charge in [-0.2, -0.15) is 0 Å². The highest BCUT2D eigenvalue weighted by molar-refractivity contribution is 5.92. The maximum atomic E-state index is 11.2. The molecule has 0 heterocycles. The zero-order chi connectivity index (χ0) is 10.4. The van der Waals surface area contributed by atoms with E-state index in [1.54, 1.807) is 20.8 Å². The van der Waals surface area contributed by atoms with Gasteiger partial charge in [-0.25, -0.2) is 0 Å². The van der Waals surface area contributed by atoms with Crippen LogP contribution >= 0.6 is 0 Å². The Hall–Kier alpha value is -1.06. The molecule has 4 heteroatoms. The van der Waals surface area contributed by atoms with Gasteiger partial charge in [0.05, 0.1) is 18.4 Å². The molecule has 13 heavy (non-hydrogen) atoms. The summed E-state index contributed by atoms with van der Waals surface area (Å²) in [5.41, 5.74) is -1.48. The highest BCUT2D eigenvalue weighted by Crippen LogP contribution is 2.69. The molecule has 0 bridgehead atoms. The standard InChI is InChI=1S/C9H14O4/c1-8(2)5(6(10)13-4)9(8,3)7(11)12/h5H,1-4H3,(H,11,12). The van der Waals surface area contributed by atoms with E-state index in [2.05, 4.69) is 4.74 Å². The minimum absolute atomic E-state index is 0.435. The van der Waals surface area contributed by atoms with Crippen molar-refractivity contribution < 1.29 is 19.4 Å². The Morgan fingerprint density at radius 2 is 1.77 bits per heavy atom. The molecule has 0 amide bonds. The molecule has 0 aliphatic heterocycles. The summed E-state index contributed by atoms with van der Waals surface area (Å²) in [6.07, 6.45) is 0. The first-order valence-corrected chi connectivity index (χ1v) is 4.11. The van der Waals surface area contributed by atoms with Crippen LogP contribution in [-0.2, 0) is 14.3 Å². The molecule has 0 spiro atoms. The molecule has 2 unspecified atom stereocenters. The monoisotopic (exact) mass is 186 g/mol. The predicted molar refractivity (Wildman–Crippen MR) is 45.0 cm³/mol. The summed E-state index contributed by atoms with van der Waals surface area (Å²) in [5, 5.41) is 8.96. The van der Waals surface area contributed by atoms with Crippen LogP contribution < -0.4 is 0 Å². The SMILES string of the molecule is COC(=O)C1C(C)(C)C1(C)C(=O)O. The van der Waals surface area contributed by atoms with E-state index in [9.17, 15) is 9.59 Å². The highest BCUT2D eigenvalue weighted by atomic mass is 16.5. The van der Waals surface area contributed by atoms with Gasteiger partial charge in [-0.3, -0.25) is 9.59 Å². The van der Waals surface area contributed by atoms with Crippen LogP contribution in [0.3, 0.4) is 0 Å². The van der Waals surface area contributed by atoms with E-state index < -0.39 is 28.7 Å². The van der Waals surface area contributed by atoms with Crippen molar-refractivity contribution in [3.63, 3.8) is 0 Å². The number of carbonyl (C=O) groups is 2. The molecule has 0 aromatic heterocycles. The maximum absolute atomic E-state index is 11.2. The zero-order valence-electron chi connectivity index (χ0n) is 8.25. The van der Waals surface area contributed by atoms with Crippen LogP contribution in [0.25, 0.3) is 0 Å². The van der Waals surface area contributed by atoms with Crippen LogP contribution in [0.4, 0.5) is 0 Å². The molecule has 74 valence electrons. The molecule has 1 N–H and O–H groups in total. The summed E-state index contributed by atoms with van der Waals surface area (Å²) in [4.78, 5) is 22.1. The van der Waals surface area contributed by atoms with Gasteiger partial charge in [0.2, 0.25) is 0 Å². The van der Waals surface area contributed by atoms with Crippen molar-refractivity contribution in [2.24, 2.45) is 16.7 Å². The smallest absolute Gasteiger partial charge is 0.310 e. The largest absolute Gasteiger partial charge is 0.481 e. The summed E-state index contributed by atoms with van der Waals surface area (Å²) in [6.45, 7) is 5.11. The Bertz CT molecular complexity index is 269. The van der Waals surface area contributed by atoms with E-state index in [1.165, 1.54) is 7.11 Å². The number of carbonyl (C=O) groups excluding carboxylic acids is 1. The second kappa shape index (κ2) is 2.47. The molecular formula is C9H14O4. The van der Waals surface area contributed by atoms with Crippen molar-refractivity contribution in [1.29, 1.82) is 0 Å². The van der Waals surface area contributed by atoms with Crippen molar-refractivity contribution in [3.8, 4) is 0 Å². The van der Waals surface area contributed by atoms with Gasteiger partial charge in [0, 0.05) is 0 Å². The number of rotatable bonds is 2. The third kappa shape index (κ3) is 0.975. The summed E-state index contributed by atoms with van der Waals surface area (Å²) < 4.78 is 4.55. The van der Waals surface area contributed by atoms with Gasteiger partial charge in [0.1, 0.15) is 0 Å². The Morgan fingerprint density at radius 3 is 2.00 bits per heavy atom. The zero-order valence-corrected chi connectivity index (χ0v) is 8.25. The second-order valence-electron chi connectivity index (χ2n) is 4.19. The van der Waals surface area contributed by atoms with E-state index in [0.29, 0.717) is 0 Å². The highest BCUT2D eigenvalue weighted by Gasteiger charge is 2.76. The van der Waals surface area contributed by atoms with Crippen molar-refractivity contribution in [2.75, 3.05) is 7.11 Å². The third-order valence-electron chi connectivity index (χ3n) is 3.44. The first kappa shape index (κ1) is 10.0. The van der Waals surface area contributed by atoms with Crippen molar-refractivity contribution in [3.05, 3.63) is 0 Å². The fraction of sp³-hybridized carbons (Fsp3) is 0.778. The molecule has 1 aliphatic rings. The minimum atomic E-state index is -0.972. The average molecular weight is 186 g/mol. The van der Waals surface area contributed by atoms with E-state index >= 15 is 0 Å². The number of esters is 1. The topological polar surface area (TPSA) is 63.6 Å². The number of aliphatic carboxylic acids is 1. The van der Waals surface area contributed by atoms with Gasteiger partial charge in [0.15, 0.2) is 0 Å². The molecule has 4 nitrogen and oxygen atoms in total. The van der Waals surface area contributed by atoms with E-state index in [4.69, 9.17) is 5.11 Å². The fourth-order valence-electron chi connectivity index (χ4n) is 2.03. The summed E-state index contributed by atoms with van der Waals surface area (Å²) in [6, 6.07) is 0. The molecule has 2 atom stereocenters. The molecular weight excluding hydrogens is 172 g/mol. The number of hydrogen-bond acceptors (Lipinski definition) is 3. The quantitative estimate of drug-likeness (QED) is 0.651. The van der Waals surface area contributed by atoms with Gasteiger partial charge >= 0.3 is 11.9 Å². The lowest BCUT2D eigenvalue weighted by Crippen LogP contribution is -2.19. The predicted octanol–water partition coefficient (Wildman–Crippen LogP) is 0.906. The van der Waals surface area contributed by atoms with Gasteiger partial charge in [-0.15, -0.1) is 0 Å². The van der Waals surface area contributed by atoms with Gasteiger partial charge < -0.3 is 9.84 Å². The molecule has 0 radical (unpaired) electrons. The first-order chi connectivity index (χ1) is 5.80. The van der Waals surface area contributed by atoms with Gasteiger partial charge in [0.25, 0.3) is 0 Å². The Morgan fingerprint density at radius 1 is 1.31 bits per heavy atom. The van der Waals surface area contributed by atoms with Gasteiger partial charge in [-0.1, -0.05) is 13.8 Å². The van der Waals surface area contributed by atoms with E-state index in [0.717, 1.165) is 0 Å². The lowest BCUT2D eigenvalue weighted by Gasteiger charge is -2.06. The maximum Gasteiger partial charge on any atom is 0.310 e. The number of carboxylic acid groups (broad SMARTS) is 1. The van der Waals surface area contributed by atoms with Crippen LogP contribution in [0, 0.1) is 16.7 Å². The van der Waals surface area contributed by atoms with Crippen LogP contribution in [0.5, 0.6) is 0 Å². The number of methoxy groups -OCH3 is 1. The third-order valence-corrected chi connectivity index (χ3v) is 3.44. The Balaban J connectivity index is 2.95. The van der Waals surface area contributed by atoms with Crippen LogP contribution in [0.2, 0.25) is 0 Å². The van der Waals surface area contributed by atoms with Gasteiger partial charge in [-0.05, 0) is 12.3 Å². The minimum Gasteiger partial charge on any atom is -0.481 e. The van der Waals surface area contributed by atoms with Crippen molar-refractivity contribution in [2.45, 2.75) is 20.8 Å². The summed E-state index contributed by atoms with van der Waals surface area (Å²) >= 11 is 0. The van der Waals surface area contributed by atoms with Crippen LogP contribution in [0.15, 0.2) is 0 Å². The number of hydrogen-bond donors (Lipinski definition) is 1. The van der Waals surface area contributed by atoms with E-state index in [-0.39, 0.29) is 0 Å². The molecule has 1 rings (SSSR count). The lowest BCUT2D eigenvalue weighted by atomic mass is 9.99. The fourth-order valence-corrected chi connectivity index (χ4v) is 2.03. The van der Waals surface area contributed by atoms with Crippen molar-refractivity contribution >= 4 is 11.9 Å². The first-order valence-electron chi connectivity index (χ1n) is 4.11. The second-order valence-corrected chi connectivity index (χ2v) is 4.19. The molecule has 1 fully saturated rings. The number of ether oxygens (including phenoxy) is 1. The van der Waals surface area contributed by atoms with E-state index in [1.807, 2.05) is 0 Å². The van der Waals surface area contributed by atoms with Crippen molar-refractivity contribution in [1.82, 2.24) is 0 Å². The average Bonchev–Trinajstić information content (AvgIpc) is 2.47. The molecule has 0 aromatic rings. The molecule has 0 saturated heterocycles. The molecule has 1 saturated carbocycles. The number of carboxylic acids is 1. The molecule has 1 aliphatic carbocycles. The Labute approximate surface area is 76.9 Å². The Kier molecular flexibility index (Phi) is 1.90. The summed E-state index contributed by atoms with van der Waals surface area (Å²) in [7, 11) is 1.28.